The summed E-state index contributed by atoms with van der Waals surface area (Å²) in [6, 6.07) is 7.88. The lowest BCUT2D eigenvalue weighted by Gasteiger charge is -2.10. The molecular weight excluding hydrogens is 280 g/mol. The van der Waals surface area contributed by atoms with Gasteiger partial charge < -0.3 is 5.73 Å². The summed E-state index contributed by atoms with van der Waals surface area (Å²) in [4.78, 5) is 0. The Kier molecular flexibility index (Phi) is 4.05. The van der Waals surface area contributed by atoms with Crippen molar-refractivity contribution in [2.45, 2.75) is 12.5 Å². The molecule has 2 aromatic rings. The molecule has 0 radical (unpaired) electrons. The van der Waals surface area contributed by atoms with Crippen LogP contribution in [0.2, 0.25) is 8.67 Å². The van der Waals surface area contributed by atoms with E-state index in [1.54, 1.807) is 12.1 Å². The zero-order chi connectivity index (χ0) is 12.4. The number of nitrogens with two attached hydrogens (primary N) is 1. The zero-order valence-electron chi connectivity index (χ0n) is 8.79. The van der Waals surface area contributed by atoms with Gasteiger partial charge in [-0.1, -0.05) is 35.3 Å². The molecular formula is C12H10Cl2FNS. The topological polar surface area (TPSA) is 26.0 Å². The number of halogens is 3. The molecule has 1 heterocycles. The molecule has 0 amide bonds. The van der Waals surface area contributed by atoms with Gasteiger partial charge in [0.25, 0.3) is 0 Å². The summed E-state index contributed by atoms with van der Waals surface area (Å²) in [7, 11) is 0. The highest BCUT2D eigenvalue weighted by Gasteiger charge is 2.14. The molecule has 0 aliphatic rings. The van der Waals surface area contributed by atoms with Crippen LogP contribution in [0.15, 0.2) is 30.3 Å². The van der Waals surface area contributed by atoms with Crippen LogP contribution in [-0.2, 0) is 6.42 Å². The molecule has 1 nitrogen and oxygen atoms in total. The van der Waals surface area contributed by atoms with E-state index in [1.165, 1.54) is 23.5 Å². The van der Waals surface area contributed by atoms with Crippen LogP contribution >= 0.6 is 34.5 Å². The van der Waals surface area contributed by atoms with E-state index >= 15 is 0 Å². The number of thiophene rings is 1. The van der Waals surface area contributed by atoms with Crippen molar-refractivity contribution >= 4 is 34.5 Å². The van der Waals surface area contributed by atoms with E-state index in [0.29, 0.717) is 15.1 Å². The Morgan fingerprint density at radius 1 is 1.29 bits per heavy atom. The van der Waals surface area contributed by atoms with Crippen LogP contribution in [0.25, 0.3) is 0 Å². The molecule has 1 atom stereocenters. The molecule has 0 aliphatic carbocycles. The summed E-state index contributed by atoms with van der Waals surface area (Å²) in [6.45, 7) is 0. The van der Waals surface area contributed by atoms with Crippen molar-refractivity contribution in [3.8, 4) is 0 Å². The maximum atomic E-state index is 13.0. The van der Waals surface area contributed by atoms with E-state index in [-0.39, 0.29) is 11.9 Å². The van der Waals surface area contributed by atoms with Gasteiger partial charge in [0.05, 0.1) is 8.67 Å². The quantitative estimate of drug-likeness (QED) is 0.888. The zero-order valence-corrected chi connectivity index (χ0v) is 11.1. The fourth-order valence-corrected chi connectivity index (χ4v) is 3.23. The van der Waals surface area contributed by atoms with E-state index in [4.69, 9.17) is 28.9 Å². The van der Waals surface area contributed by atoms with Gasteiger partial charge in [0.15, 0.2) is 0 Å². The number of rotatable bonds is 3. The molecule has 0 aliphatic heterocycles. The summed E-state index contributed by atoms with van der Waals surface area (Å²) in [5.41, 5.74) is 7.69. The van der Waals surface area contributed by atoms with Crippen molar-refractivity contribution < 1.29 is 4.39 Å². The lowest BCUT2D eigenvalue weighted by molar-refractivity contribution is 0.622. The number of hydrogen-bond acceptors (Lipinski definition) is 2. The minimum Gasteiger partial charge on any atom is -0.324 e. The molecule has 0 saturated carbocycles. The molecule has 1 aromatic carbocycles. The van der Waals surface area contributed by atoms with Gasteiger partial charge in [-0.3, -0.25) is 0 Å². The molecule has 2 N–H and O–H groups in total. The van der Waals surface area contributed by atoms with Crippen LogP contribution in [0, 0.1) is 5.82 Å². The molecule has 5 heteroatoms. The molecule has 0 bridgehead atoms. The monoisotopic (exact) mass is 289 g/mol. The number of hydrogen-bond donors (Lipinski definition) is 1. The molecule has 17 heavy (non-hydrogen) atoms. The highest BCUT2D eigenvalue weighted by atomic mass is 35.5. The highest BCUT2D eigenvalue weighted by molar-refractivity contribution is 7.20. The Morgan fingerprint density at radius 2 is 2.06 bits per heavy atom. The van der Waals surface area contributed by atoms with Gasteiger partial charge in [0.1, 0.15) is 5.82 Å². The maximum absolute atomic E-state index is 13.0. The molecule has 0 fully saturated rings. The second-order valence-electron chi connectivity index (χ2n) is 3.72. The third-order valence-electron chi connectivity index (χ3n) is 2.43. The normalized spacial score (nSPS) is 12.7. The Balaban J connectivity index is 2.16. The van der Waals surface area contributed by atoms with Crippen LogP contribution in [0.1, 0.15) is 17.2 Å². The largest absolute Gasteiger partial charge is 0.324 e. The van der Waals surface area contributed by atoms with Crippen LogP contribution in [-0.4, -0.2) is 0 Å². The Morgan fingerprint density at radius 3 is 2.65 bits per heavy atom. The van der Waals surface area contributed by atoms with E-state index in [9.17, 15) is 4.39 Å². The highest BCUT2D eigenvalue weighted by Crippen LogP contribution is 2.35. The van der Waals surface area contributed by atoms with E-state index < -0.39 is 0 Å². The van der Waals surface area contributed by atoms with Gasteiger partial charge in [-0.05, 0) is 30.2 Å². The molecule has 1 aromatic heterocycles. The molecule has 0 spiro atoms. The van der Waals surface area contributed by atoms with E-state index in [1.807, 2.05) is 6.07 Å². The fourth-order valence-electron chi connectivity index (χ4n) is 1.63. The third kappa shape index (κ3) is 3.19. The maximum Gasteiger partial charge on any atom is 0.123 e. The molecule has 90 valence electrons. The van der Waals surface area contributed by atoms with Gasteiger partial charge in [-0.25, -0.2) is 4.39 Å². The SMILES string of the molecule is NC(Cc1cccc(F)c1)c1cc(Cl)sc1Cl. The van der Waals surface area contributed by atoms with Gasteiger partial charge in [-0.15, -0.1) is 11.3 Å². The summed E-state index contributed by atoms with van der Waals surface area (Å²) in [5.74, 6) is -0.260. The first-order valence-electron chi connectivity index (χ1n) is 5.01. The lowest BCUT2D eigenvalue weighted by Crippen LogP contribution is -2.12. The second kappa shape index (κ2) is 5.36. The Hall–Kier alpha value is -0.610. The summed E-state index contributed by atoms with van der Waals surface area (Å²) in [5, 5.41) is 0. The van der Waals surface area contributed by atoms with Gasteiger partial charge in [-0.2, -0.15) is 0 Å². The van der Waals surface area contributed by atoms with Crippen molar-refractivity contribution in [1.29, 1.82) is 0 Å². The summed E-state index contributed by atoms with van der Waals surface area (Å²) >= 11 is 13.2. The standard InChI is InChI=1S/C12H10Cl2FNS/c13-11-6-9(12(14)17-11)10(16)5-7-2-1-3-8(15)4-7/h1-4,6,10H,5,16H2. The van der Waals surface area contributed by atoms with Crippen molar-refractivity contribution in [2.75, 3.05) is 0 Å². The Labute approximate surface area is 113 Å². The summed E-state index contributed by atoms with van der Waals surface area (Å²) < 4.78 is 14.2. The smallest absolute Gasteiger partial charge is 0.123 e. The predicted octanol–water partition coefficient (Wildman–Crippen LogP) is 4.44. The Bertz CT molecular complexity index is 527. The predicted molar refractivity (Wildman–Crippen MR) is 71.4 cm³/mol. The molecule has 2 rings (SSSR count). The van der Waals surface area contributed by atoms with Crippen LogP contribution in [0.5, 0.6) is 0 Å². The van der Waals surface area contributed by atoms with Crippen LogP contribution < -0.4 is 5.73 Å². The van der Waals surface area contributed by atoms with Crippen molar-refractivity contribution in [3.63, 3.8) is 0 Å². The number of benzene rings is 1. The second-order valence-corrected chi connectivity index (χ2v) is 6.01. The summed E-state index contributed by atoms with van der Waals surface area (Å²) in [6.07, 6.45) is 0.532. The first-order chi connectivity index (χ1) is 8.06. The molecule has 0 saturated heterocycles. The van der Waals surface area contributed by atoms with Crippen molar-refractivity contribution in [1.82, 2.24) is 0 Å². The lowest BCUT2D eigenvalue weighted by atomic mass is 10.0. The first-order valence-corrected chi connectivity index (χ1v) is 6.58. The fraction of sp³-hybridized carbons (Fsp3) is 0.167. The third-order valence-corrected chi connectivity index (χ3v) is 3.95. The van der Waals surface area contributed by atoms with E-state index in [2.05, 4.69) is 0 Å². The van der Waals surface area contributed by atoms with Gasteiger partial charge >= 0.3 is 0 Å². The van der Waals surface area contributed by atoms with Gasteiger partial charge in [0, 0.05) is 11.6 Å². The van der Waals surface area contributed by atoms with Crippen LogP contribution in [0.3, 0.4) is 0 Å². The molecule has 1 unspecified atom stereocenters. The minimum atomic E-state index is -0.270. The van der Waals surface area contributed by atoms with Crippen molar-refractivity contribution in [2.24, 2.45) is 5.73 Å². The van der Waals surface area contributed by atoms with Crippen LogP contribution in [0.4, 0.5) is 4.39 Å². The average molecular weight is 290 g/mol. The van der Waals surface area contributed by atoms with E-state index in [0.717, 1.165) is 11.1 Å². The minimum absolute atomic E-state index is 0.260. The van der Waals surface area contributed by atoms with Crippen molar-refractivity contribution in [3.05, 3.63) is 55.9 Å². The average Bonchev–Trinajstić information content (AvgIpc) is 2.58. The first kappa shape index (κ1) is 12.8. The van der Waals surface area contributed by atoms with Gasteiger partial charge in [0.2, 0.25) is 0 Å².